The van der Waals surface area contributed by atoms with Gasteiger partial charge in [-0.2, -0.15) is 0 Å². The van der Waals surface area contributed by atoms with Crippen molar-refractivity contribution in [1.29, 1.82) is 0 Å². The van der Waals surface area contributed by atoms with Crippen LogP contribution in [0.3, 0.4) is 0 Å². The van der Waals surface area contributed by atoms with Gasteiger partial charge in [-0.3, -0.25) is 0 Å². The molecule has 0 atom stereocenters. The number of aryl methyl sites for hydroxylation is 4. The first-order chi connectivity index (χ1) is 34.3. The summed E-state index contributed by atoms with van der Waals surface area (Å²) in [7, 11) is 0. The molecule has 0 aliphatic heterocycles. The Balaban J connectivity index is 1.12. The average molecular weight is 1010 g/mol. The summed E-state index contributed by atoms with van der Waals surface area (Å²) >= 11 is 7.04. The molecule has 0 spiro atoms. The molecular weight excluding hydrogens is 929 g/mol. The highest BCUT2D eigenvalue weighted by Gasteiger charge is 2.39. The van der Waals surface area contributed by atoms with Gasteiger partial charge in [0.05, 0.1) is 9.75 Å². The predicted octanol–water partition coefficient (Wildman–Crippen LogP) is 19.5. The average Bonchev–Trinajstić information content (AvgIpc) is 4.23. The number of hydrogen-bond acceptors (Lipinski definition) is 6. The van der Waals surface area contributed by atoms with Crippen LogP contribution in [0.25, 0.3) is 28.9 Å². The van der Waals surface area contributed by atoms with Crippen LogP contribution in [-0.4, -0.2) is 10.2 Å². The van der Waals surface area contributed by atoms with Crippen LogP contribution < -0.4 is 0 Å². The van der Waals surface area contributed by atoms with Gasteiger partial charge < -0.3 is 10.2 Å². The molecule has 2 nitrogen and oxygen atoms in total. The number of rotatable bonds is 28. The summed E-state index contributed by atoms with van der Waals surface area (Å²) in [5.41, 5.74) is 8.15. The second-order valence-corrected chi connectivity index (χ2v) is 23.7. The largest absolute Gasteiger partial charge is 0.376 e. The van der Waals surface area contributed by atoms with Crippen molar-refractivity contribution in [1.82, 2.24) is 0 Å². The first-order valence-electron chi connectivity index (χ1n) is 26.8. The lowest BCUT2D eigenvalue weighted by Crippen LogP contribution is -2.29. The van der Waals surface area contributed by atoms with Crippen LogP contribution in [0.1, 0.15) is 186 Å². The summed E-state index contributed by atoms with van der Waals surface area (Å²) in [6.07, 6.45) is 24.1. The van der Waals surface area contributed by atoms with Gasteiger partial charge in [0.25, 0.3) is 0 Å². The molecule has 4 heterocycles. The van der Waals surface area contributed by atoms with E-state index in [1.54, 1.807) is 45.3 Å². The van der Waals surface area contributed by atoms with Crippen LogP contribution in [-0.2, 0) is 36.9 Å². The van der Waals surface area contributed by atoms with Crippen LogP contribution in [0.2, 0.25) is 0 Å². The summed E-state index contributed by atoms with van der Waals surface area (Å²) < 4.78 is 2.45. The second-order valence-electron chi connectivity index (χ2n) is 19.7. The van der Waals surface area contributed by atoms with Crippen LogP contribution in [0.15, 0.2) is 132 Å². The van der Waals surface area contributed by atoms with E-state index in [1.165, 1.54) is 144 Å². The number of fused-ring (bicyclic) bond motifs is 1. The van der Waals surface area contributed by atoms with Crippen molar-refractivity contribution < 1.29 is 10.2 Å². The molecular formula is C64H76O2S4. The Morgan fingerprint density at radius 2 is 0.614 bits per heavy atom. The van der Waals surface area contributed by atoms with Crippen molar-refractivity contribution >= 4 is 54.7 Å². The Bertz CT molecular complexity index is 2450. The van der Waals surface area contributed by atoms with Gasteiger partial charge in [0.15, 0.2) is 0 Å². The van der Waals surface area contributed by atoms with Crippen LogP contribution in [0.5, 0.6) is 0 Å². The summed E-state index contributed by atoms with van der Waals surface area (Å²) in [6.45, 7) is 9.05. The molecule has 0 saturated heterocycles. The van der Waals surface area contributed by atoms with Gasteiger partial charge in [0, 0.05) is 30.3 Å². The lowest BCUT2D eigenvalue weighted by Gasteiger charge is -2.31. The molecule has 4 aromatic heterocycles. The van der Waals surface area contributed by atoms with Crippen LogP contribution in [0, 0.1) is 0 Å². The number of unbranched alkanes of at least 4 members (excludes halogenated alkanes) is 12. The van der Waals surface area contributed by atoms with Gasteiger partial charge >= 0.3 is 0 Å². The summed E-state index contributed by atoms with van der Waals surface area (Å²) in [6, 6.07) is 44.2. The van der Waals surface area contributed by atoms with Gasteiger partial charge in [-0.1, -0.05) is 202 Å². The first kappa shape index (κ1) is 52.2. The standard InChI is InChI=1S/C64H76O2S4/c1-5-9-13-17-21-47-25-33-51(34-26-47)63(65,52-35-27-48(28-36-52)22-18-14-10-6-2)55-41-43-67-61(55)59-45-57-58(69-59)46-60(70-57)62-56(42-44-68-62)64(66,53-37-29-49(30-38-53)23-19-15-11-7-3)54-39-31-50(32-40-54)24-20-16-12-8-4/h25-46,65-66H,5-24H2,1-4H3. The van der Waals surface area contributed by atoms with E-state index in [9.17, 15) is 10.2 Å². The highest BCUT2D eigenvalue weighted by Crippen LogP contribution is 2.51. The highest BCUT2D eigenvalue weighted by molar-refractivity contribution is 7.33. The van der Waals surface area contributed by atoms with E-state index >= 15 is 0 Å². The van der Waals surface area contributed by atoms with Gasteiger partial charge in [0.1, 0.15) is 11.2 Å². The van der Waals surface area contributed by atoms with Crippen molar-refractivity contribution in [2.24, 2.45) is 0 Å². The molecule has 4 aromatic carbocycles. The molecule has 0 radical (unpaired) electrons. The fourth-order valence-corrected chi connectivity index (χ4v) is 14.8. The van der Waals surface area contributed by atoms with E-state index in [0.29, 0.717) is 0 Å². The Hall–Kier alpha value is -4.14. The van der Waals surface area contributed by atoms with E-state index in [0.717, 1.165) is 68.8 Å². The fourth-order valence-electron chi connectivity index (χ4n) is 10.3. The van der Waals surface area contributed by atoms with Crippen molar-refractivity contribution in [2.45, 2.75) is 167 Å². The Labute approximate surface area is 436 Å². The maximum atomic E-state index is 13.4. The number of benzene rings is 4. The van der Waals surface area contributed by atoms with E-state index in [2.05, 4.69) is 160 Å². The normalized spacial score (nSPS) is 12.1. The van der Waals surface area contributed by atoms with E-state index in [1.807, 2.05) is 0 Å². The van der Waals surface area contributed by atoms with Crippen molar-refractivity contribution in [3.8, 4) is 19.5 Å². The summed E-state index contributed by atoms with van der Waals surface area (Å²) in [5.74, 6) is 0. The smallest absolute Gasteiger partial charge is 0.142 e. The molecule has 0 saturated carbocycles. The van der Waals surface area contributed by atoms with E-state index < -0.39 is 11.2 Å². The molecule has 0 amide bonds. The zero-order valence-electron chi connectivity index (χ0n) is 42.4. The molecule has 8 rings (SSSR count). The third kappa shape index (κ3) is 12.2. The van der Waals surface area contributed by atoms with Crippen LogP contribution >= 0.6 is 45.3 Å². The molecule has 368 valence electrons. The zero-order chi connectivity index (χ0) is 48.8. The number of aliphatic hydroxyl groups is 2. The lowest BCUT2D eigenvalue weighted by atomic mass is 9.79. The highest BCUT2D eigenvalue weighted by atomic mass is 32.1. The number of hydrogen-bond donors (Lipinski definition) is 2. The van der Waals surface area contributed by atoms with Gasteiger partial charge in [-0.25, -0.2) is 0 Å². The quantitative estimate of drug-likeness (QED) is 0.0480. The minimum atomic E-state index is -1.32. The van der Waals surface area contributed by atoms with Crippen LogP contribution in [0.4, 0.5) is 0 Å². The minimum Gasteiger partial charge on any atom is -0.376 e. The van der Waals surface area contributed by atoms with E-state index in [4.69, 9.17) is 0 Å². The third-order valence-electron chi connectivity index (χ3n) is 14.5. The molecule has 0 aliphatic rings. The van der Waals surface area contributed by atoms with Crippen molar-refractivity contribution in [2.75, 3.05) is 0 Å². The van der Waals surface area contributed by atoms with Gasteiger partial charge in [-0.15, -0.1) is 45.3 Å². The molecule has 0 bridgehead atoms. The maximum Gasteiger partial charge on any atom is 0.142 e. The third-order valence-corrected chi connectivity index (χ3v) is 19.0. The Morgan fingerprint density at radius 1 is 0.343 bits per heavy atom. The Morgan fingerprint density at radius 3 is 0.871 bits per heavy atom. The zero-order valence-corrected chi connectivity index (χ0v) is 45.6. The molecule has 70 heavy (non-hydrogen) atoms. The van der Waals surface area contributed by atoms with E-state index in [-0.39, 0.29) is 0 Å². The number of thiophene rings is 4. The van der Waals surface area contributed by atoms with Gasteiger partial charge in [-0.05, 0) is 131 Å². The molecule has 6 heteroatoms. The van der Waals surface area contributed by atoms with Crippen molar-refractivity contribution in [3.05, 3.63) is 188 Å². The first-order valence-corrected chi connectivity index (χ1v) is 30.2. The Kier molecular flexibility index (Phi) is 19.0. The molecule has 2 N–H and O–H groups in total. The summed E-state index contributed by atoms with van der Waals surface area (Å²) in [5, 5.41) is 31.0. The van der Waals surface area contributed by atoms with Crippen molar-refractivity contribution in [3.63, 3.8) is 0 Å². The second kappa shape index (κ2) is 25.5. The predicted molar refractivity (Wildman–Crippen MR) is 308 cm³/mol. The lowest BCUT2D eigenvalue weighted by molar-refractivity contribution is 0.126. The fraction of sp³-hybridized carbons (Fsp3) is 0.406. The maximum absolute atomic E-state index is 13.4. The SMILES string of the molecule is CCCCCCc1ccc(C(O)(c2ccc(CCCCCC)cc2)c2ccsc2-c2cc3sc(-c4sccc4C(O)(c4ccc(CCCCCC)cc4)c4ccc(CCCCCC)cc4)cc3s2)cc1. The van der Waals surface area contributed by atoms with Gasteiger partial charge in [0.2, 0.25) is 0 Å². The molecule has 0 aliphatic carbocycles. The summed E-state index contributed by atoms with van der Waals surface area (Å²) in [4.78, 5) is 4.56. The molecule has 0 unspecified atom stereocenters. The monoisotopic (exact) mass is 1000 g/mol. The minimum absolute atomic E-state index is 0.904. The molecule has 8 aromatic rings. The molecule has 0 fully saturated rings. The topological polar surface area (TPSA) is 40.5 Å².